The van der Waals surface area contributed by atoms with Crippen LogP contribution < -0.4 is 5.32 Å². The van der Waals surface area contributed by atoms with Crippen molar-refractivity contribution >= 4 is 18.0 Å². The molecular weight excluding hydrogens is 346 g/mol. The molecule has 2 heterocycles. The van der Waals surface area contributed by atoms with Gasteiger partial charge in [-0.1, -0.05) is 24.9 Å². The average molecular weight is 373 g/mol. The third kappa shape index (κ3) is 5.84. The predicted molar refractivity (Wildman–Crippen MR) is 103 cm³/mol. The third-order valence-corrected chi connectivity index (χ3v) is 4.16. The fourth-order valence-corrected chi connectivity index (χ4v) is 2.76. The Labute approximate surface area is 159 Å². The number of unbranched alkanes of at least 4 members (excludes halogenated alkanes) is 2. The Morgan fingerprint density at radius 1 is 1.26 bits per heavy atom. The first-order chi connectivity index (χ1) is 12.9. The van der Waals surface area contributed by atoms with Gasteiger partial charge in [-0.15, -0.1) is 0 Å². The van der Waals surface area contributed by atoms with Crippen molar-refractivity contribution in [1.29, 1.82) is 0 Å². The van der Waals surface area contributed by atoms with Crippen LogP contribution in [0, 0.1) is 20.8 Å². The van der Waals surface area contributed by atoms with Gasteiger partial charge in [0, 0.05) is 30.1 Å². The molecule has 0 radical (unpaired) electrons. The molecule has 7 heteroatoms. The summed E-state index contributed by atoms with van der Waals surface area (Å²) in [4.78, 5) is 23.5. The molecule has 0 saturated heterocycles. The van der Waals surface area contributed by atoms with Crippen LogP contribution in [-0.2, 0) is 14.3 Å². The predicted octanol–water partition coefficient (Wildman–Crippen LogP) is 3.25. The minimum atomic E-state index is -0.555. The first kappa shape index (κ1) is 20.5. The summed E-state index contributed by atoms with van der Waals surface area (Å²) in [5.41, 5.74) is 2.77. The maximum absolute atomic E-state index is 11.9. The van der Waals surface area contributed by atoms with Crippen LogP contribution in [-0.4, -0.2) is 34.8 Å². The fourth-order valence-electron chi connectivity index (χ4n) is 2.76. The first-order valence-electron chi connectivity index (χ1n) is 9.16. The van der Waals surface area contributed by atoms with E-state index in [1.54, 1.807) is 6.08 Å². The quantitative estimate of drug-likeness (QED) is 0.414. The van der Waals surface area contributed by atoms with Gasteiger partial charge in [-0.05, 0) is 44.9 Å². The molecular formula is C20H27N3O4. The summed E-state index contributed by atoms with van der Waals surface area (Å²) in [5, 5.41) is 6.76. The monoisotopic (exact) mass is 373 g/mol. The molecule has 0 spiro atoms. The van der Waals surface area contributed by atoms with E-state index < -0.39 is 5.97 Å². The molecule has 0 aliphatic rings. The van der Waals surface area contributed by atoms with Crippen LogP contribution in [0.25, 0.3) is 11.9 Å². The second-order valence-electron chi connectivity index (χ2n) is 6.46. The second-order valence-corrected chi connectivity index (χ2v) is 6.46. The van der Waals surface area contributed by atoms with E-state index in [2.05, 4.69) is 17.4 Å². The van der Waals surface area contributed by atoms with Crippen molar-refractivity contribution in [3.05, 3.63) is 40.9 Å². The maximum atomic E-state index is 11.9. The highest BCUT2D eigenvalue weighted by Gasteiger charge is 2.12. The van der Waals surface area contributed by atoms with E-state index in [1.807, 2.05) is 37.5 Å². The molecule has 0 aliphatic carbocycles. The number of aryl methyl sites for hydroxylation is 2. The van der Waals surface area contributed by atoms with E-state index in [4.69, 9.17) is 9.26 Å². The molecule has 2 aromatic rings. The zero-order valence-electron chi connectivity index (χ0n) is 16.4. The van der Waals surface area contributed by atoms with Crippen molar-refractivity contribution in [3.63, 3.8) is 0 Å². The molecule has 0 fully saturated rings. The molecule has 27 heavy (non-hydrogen) atoms. The molecule has 0 unspecified atom stereocenters. The van der Waals surface area contributed by atoms with Gasteiger partial charge in [0.2, 0.25) is 0 Å². The van der Waals surface area contributed by atoms with Crippen molar-refractivity contribution in [2.24, 2.45) is 0 Å². The van der Waals surface area contributed by atoms with Gasteiger partial charge in [0.1, 0.15) is 5.76 Å². The lowest BCUT2D eigenvalue weighted by molar-refractivity contribution is -0.143. The molecule has 2 aromatic heterocycles. The molecule has 0 saturated carbocycles. The van der Waals surface area contributed by atoms with Crippen molar-refractivity contribution in [2.45, 2.75) is 47.0 Å². The maximum Gasteiger partial charge on any atom is 0.331 e. The third-order valence-electron chi connectivity index (χ3n) is 4.16. The van der Waals surface area contributed by atoms with E-state index in [0.717, 1.165) is 42.0 Å². The highest BCUT2D eigenvalue weighted by molar-refractivity contribution is 5.89. The Morgan fingerprint density at radius 2 is 2.04 bits per heavy atom. The lowest BCUT2D eigenvalue weighted by Crippen LogP contribution is -2.29. The smallest absolute Gasteiger partial charge is 0.331 e. The van der Waals surface area contributed by atoms with Gasteiger partial charge in [-0.3, -0.25) is 9.36 Å². The van der Waals surface area contributed by atoms with Gasteiger partial charge >= 0.3 is 5.97 Å². The second kappa shape index (κ2) is 9.75. The Morgan fingerprint density at radius 3 is 2.70 bits per heavy atom. The number of carbonyl (C=O) groups is 2. The van der Waals surface area contributed by atoms with Crippen molar-refractivity contribution in [1.82, 2.24) is 15.0 Å². The first-order valence-corrected chi connectivity index (χ1v) is 9.16. The summed E-state index contributed by atoms with van der Waals surface area (Å²) < 4.78 is 12.1. The minimum absolute atomic E-state index is 0.271. The molecule has 146 valence electrons. The van der Waals surface area contributed by atoms with Crippen LogP contribution >= 0.6 is 0 Å². The summed E-state index contributed by atoms with van der Waals surface area (Å²) in [7, 11) is 0. The topological polar surface area (TPSA) is 86.4 Å². The number of carbonyl (C=O) groups excluding carboxylic acids is 2. The molecule has 0 aliphatic heterocycles. The van der Waals surface area contributed by atoms with E-state index in [-0.39, 0.29) is 12.5 Å². The number of ether oxygens (including phenoxy) is 1. The Hall–Kier alpha value is -2.83. The Bertz CT molecular complexity index is 817. The lowest BCUT2D eigenvalue weighted by Gasteiger charge is -2.05. The normalized spacial score (nSPS) is 11.1. The van der Waals surface area contributed by atoms with E-state index in [9.17, 15) is 9.59 Å². The van der Waals surface area contributed by atoms with E-state index in [1.165, 1.54) is 6.08 Å². The molecule has 7 nitrogen and oxygen atoms in total. The minimum Gasteiger partial charge on any atom is -0.452 e. The molecule has 1 N–H and O–H groups in total. The summed E-state index contributed by atoms with van der Waals surface area (Å²) >= 11 is 0. The molecule has 0 atom stereocenters. The summed E-state index contributed by atoms with van der Waals surface area (Å²) in [6, 6.07) is 3.80. The van der Waals surface area contributed by atoms with Gasteiger partial charge in [-0.2, -0.15) is 0 Å². The van der Waals surface area contributed by atoms with Gasteiger partial charge in [0.15, 0.2) is 12.4 Å². The Balaban J connectivity index is 1.90. The molecule has 0 bridgehead atoms. The van der Waals surface area contributed by atoms with Gasteiger partial charge in [-0.25, -0.2) is 4.79 Å². The van der Waals surface area contributed by atoms with Crippen LogP contribution in [0.4, 0.5) is 0 Å². The summed E-state index contributed by atoms with van der Waals surface area (Å²) in [5.74, 6) is 0.587. The van der Waals surface area contributed by atoms with Gasteiger partial charge in [0.05, 0.1) is 0 Å². The van der Waals surface area contributed by atoms with Crippen LogP contribution in [0.1, 0.15) is 48.9 Å². The van der Waals surface area contributed by atoms with Crippen LogP contribution in [0.3, 0.4) is 0 Å². The highest BCUT2D eigenvalue weighted by Crippen LogP contribution is 2.21. The number of nitrogens with zero attached hydrogens (tertiary/aromatic N) is 2. The van der Waals surface area contributed by atoms with E-state index >= 15 is 0 Å². The largest absolute Gasteiger partial charge is 0.452 e. The van der Waals surface area contributed by atoms with Gasteiger partial charge < -0.3 is 14.6 Å². The number of hydrogen-bond donors (Lipinski definition) is 1. The SMILES string of the molecule is CCCCCNC(=O)COC(=O)/C=C/c1cc(C)n(-c2cc(C)on2)c1C. The average Bonchev–Trinajstić information content (AvgIpc) is 3.17. The lowest BCUT2D eigenvalue weighted by atomic mass is 10.2. The standard InChI is InChI=1S/C20H27N3O4/c1-5-6-7-10-21-19(24)13-26-20(25)9-8-17-11-14(2)23(16(17)4)18-12-15(3)27-22-18/h8-9,11-12H,5-7,10,13H2,1-4H3,(H,21,24)/b9-8+. The zero-order valence-corrected chi connectivity index (χ0v) is 16.4. The Kier molecular flexibility index (Phi) is 7.40. The number of nitrogens with one attached hydrogen (secondary N) is 1. The number of rotatable bonds is 9. The van der Waals surface area contributed by atoms with Crippen molar-refractivity contribution < 1.29 is 18.8 Å². The molecule has 0 aromatic carbocycles. The number of hydrogen-bond acceptors (Lipinski definition) is 5. The van der Waals surface area contributed by atoms with Crippen LogP contribution in [0.5, 0.6) is 0 Å². The highest BCUT2D eigenvalue weighted by atomic mass is 16.5. The fraction of sp³-hybridized carbons (Fsp3) is 0.450. The molecule has 2 rings (SSSR count). The summed E-state index contributed by atoms with van der Waals surface area (Å²) in [6.45, 7) is 8.16. The number of esters is 1. The van der Waals surface area contributed by atoms with Crippen LogP contribution in [0.15, 0.2) is 22.7 Å². The number of amides is 1. The van der Waals surface area contributed by atoms with Crippen molar-refractivity contribution in [2.75, 3.05) is 13.2 Å². The van der Waals surface area contributed by atoms with Crippen molar-refractivity contribution in [3.8, 4) is 5.82 Å². The number of aromatic nitrogens is 2. The van der Waals surface area contributed by atoms with Gasteiger partial charge in [0.25, 0.3) is 5.91 Å². The zero-order chi connectivity index (χ0) is 19.8. The summed E-state index contributed by atoms with van der Waals surface area (Å²) in [6.07, 6.45) is 6.08. The van der Waals surface area contributed by atoms with Crippen LogP contribution in [0.2, 0.25) is 0 Å². The van der Waals surface area contributed by atoms with E-state index in [0.29, 0.717) is 12.4 Å². The molecule has 1 amide bonds.